The number of nitrogens with one attached hydrogen (secondary N) is 1. The van der Waals surface area contributed by atoms with Crippen molar-refractivity contribution >= 4 is 43.2 Å². The Morgan fingerprint density at radius 1 is 1.17 bits per heavy atom. The SMILES string of the molecule is Cc1nc2ccc(NS(=O)(=O)c3ccc(C(N)=O)cc3)cc2s1. The Kier molecular flexibility index (Phi) is 3.78. The van der Waals surface area contributed by atoms with E-state index in [9.17, 15) is 13.2 Å². The number of rotatable bonds is 4. The van der Waals surface area contributed by atoms with Crippen LogP contribution in [0.5, 0.6) is 0 Å². The molecule has 0 bridgehead atoms. The molecule has 3 rings (SSSR count). The molecule has 0 fully saturated rings. The van der Waals surface area contributed by atoms with Crippen LogP contribution in [0.1, 0.15) is 15.4 Å². The third-order valence-corrected chi connectivity index (χ3v) is 5.53. The quantitative estimate of drug-likeness (QED) is 0.757. The van der Waals surface area contributed by atoms with Gasteiger partial charge >= 0.3 is 0 Å². The molecule has 0 saturated heterocycles. The van der Waals surface area contributed by atoms with E-state index in [0.29, 0.717) is 5.69 Å². The smallest absolute Gasteiger partial charge is 0.261 e. The second-order valence-electron chi connectivity index (χ2n) is 4.91. The molecule has 6 nitrogen and oxygen atoms in total. The van der Waals surface area contributed by atoms with Crippen LogP contribution in [0.3, 0.4) is 0 Å². The van der Waals surface area contributed by atoms with Gasteiger partial charge in [-0.15, -0.1) is 11.3 Å². The number of aryl methyl sites for hydroxylation is 1. The number of amides is 1. The van der Waals surface area contributed by atoms with Gasteiger partial charge in [0.05, 0.1) is 25.8 Å². The van der Waals surface area contributed by atoms with E-state index in [1.54, 1.807) is 18.2 Å². The van der Waals surface area contributed by atoms with Crippen molar-refractivity contribution in [3.05, 3.63) is 53.0 Å². The standard InChI is InChI=1S/C15H13N3O3S2/c1-9-17-13-7-4-11(8-14(13)22-9)18-23(20,21)12-5-2-10(3-6-12)15(16)19/h2-8,18H,1H3,(H2,16,19). The topological polar surface area (TPSA) is 102 Å². The fraction of sp³-hybridized carbons (Fsp3) is 0.0667. The van der Waals surface area contributed by atoms with Crippen molar-refractivity contribution < 1.29 is 13.2 Å². The number of anilines is 1. The highest BCUT2D eigenvalue weighted by molar-refractivity contribution is 7.92. The second-order valence-corrected chi connectivity index (χ2v) is 7.83. The highest BCUT2D eigenvalue weighted by Crippen LogP contribution is 2.26. The van der Waals surface area contributed by atoms with Crippen LogP contribution in [0.2, 0.25) is 0 Å². The lowest BCUT2D eigenvalue weighted by atomic mass is 10.2. The van der Waals surface area contributed by atoms with E-state index in [4.69, 9.17) is 5.73 Å². The van der Waals surface area contributed by atoms with Crippen molar-refractivity contribution in [3.8, 4) is 0 Å². The Balaban J connectivity index is 1.90. The van der Waals surface area contributed by atoms with Gasteiger partial charge in [0.15, 0.2) is 0 Å². The maximum Gasteiger partial charge on any atom is 0.261 e. The largest absolute Gasteiger partial charge is 0.366 e. The van der Waals surface area contributed by atoms with E-state index in [1.165, 1.54) is 35.6 Å². The summed E-state index contributed by atoms with van der Waals surface area (Å²) in [6, 6.07) is 10.6. The van der Waals surface area contributed by atoms with Crippen LogP contribution >= 0.6 is 11.3 Å². The summed E-state index contributed by atoms with van der Waals surface area (Å²) in [5.74, 6) is -0.604. The zero-order chi connectivity index (χ0) is 16.6. The molecule has 0 spiro atoms. The third kappa shape index (κ3) is 3.17. The molecule has 118 valence electrons. The molecule has 0 atom stereocenters. The lowest BCUT2D eigenvalue weighted by molar-refractivity contribution is 0.1000. The van der Waals surface area contributed by atoms with Crippen LogP contribution in [0.15, 0.2) is 47.4 Å². The normalized spacial score (nSPS) is 11.5. The number of hydrogen-bond donors (Lipinski definition) is 2. The molecule has 1 amide bonds. The number of carbonyl (C=O) groups excluding carboxylic acids is 1. The first-order chi connectivity index (χ1) is 10.8. The number of hydrogen-bond acceptors (Lipinski definition) is 5. The van der Waals surface area contributed by atoms with Crippen LogP contribution in [0.25, 0.3) is 10.2 Å². The van der Waals surface area contributed by atoms with Gasteiger partial charge in [-0.3, -0.25) is 9.52 Å². The average molecular weight is 347 g/mol. The summed E-state index contributed by atoms with van der Waals surface area (Å²) < 4.78 is 28.2. The predicted molar refractivity (Wildman–Crippen MR) is 90.1 cm³/mol. The number of fused-ring (bicyclic) bond motifs is 1. The van der Waals surface area contributed by atoms with Gasteiger partial charge in [0.1, 0.15) is 0 Å². The molecule has 0 radical (unpaired) electrons. The van der Waals surface area contributed by atoms with Crippen molar-refractivity contribution in [1.29, 1.82) is 0 Å². The van der Waals surface area contributed by atoms with Gasteiger partial charge < -0.3 is 5.73 Å². The molecule has 23 heavy (non-hydrogen) atoms. The zero-order valence-electron chi connectivity index (χ0n) is 12.1. The molecule has 0 saturated carbocycles. The number of benzene rings is 2. The van der Waals surface area contributed by atoms with E-state index in [1.807, 2.05) is 6.92 Å². The highest BCUT2D eigenvalue weighted by atomic mass is 32.2. The number of sulfonamides is 1. The van der Waals surface area contributed by atoms with Gasteiger partial charge in [0, 0.05) is 5.56 Å². The van der Waals surface area contributed by atoms with Crippen molar-refractivity contribution in [3.63, 3.8) is 0 Å². The summed E-state index contributed by atoms with van der Waals surface area (Å²) in [5.41, 5.74) is 6.69. The molecule has 8 heteroatoms. The maximum atomic E-state index is 12.4. The van der Waals surface area contributed by atoms with Crippen molar-refractivity contribution in [2.24, 2.45) is 5.73 Å². The molecular weight excluding hydrogens is 334 g/mol. The van der Waals surface area contributed by atoms with Gasteiger partial charge in [0.2, 0.25) is 5.91 Å². The fourth-order valence-corrected chi connectivity index (χ4v) is 4.03. The molecule has 0 unspecified atom stereocenters. The van der Waals surface area contributed by atoms with Crippen LogP contribution in [-0.2, 0) is 10.0 Å². The Morgan fingerprint density at radius 3 is 2.52 bits per heavy atom. The molecule has 3 aromatic rings. The summed E-state index contributed by atoms with van der Waals surface area (Å²) in [6.45, 7) is 1.90. The minimum atomic E-state index is -3.74. The molecule has 0 aliphatic heterocycles. The number of primary amides is 1. The Morgan fingerprint density at radius 2 is 1.87 bits per heavy atom. The van der Waals surface area contributed by atoms with Gasteiger partial charge in [-0.25, -0.2) is 13.4 Å². The number of aromatic nitrogens is 1. The Labute approximate surface area is 137 Å². The molecule has 2 aromatic carbocycles. The van der Waals surface area contributed by atoms with Crippen molar-refractivity contribution in [2.75, 3.05) is 4.72 Å². The van der Waals surface area contributed by atoms with Crippen LogP contribution in [0, 0.1) is 6.92 Å². The van der Waals surface area contributed by atoms with Crippen molar-refractivity contribution in [1.82, 2.24) is 4.98 Å². The lowest BCUT2D eigenvalue weighted by Gasteiger charge is -2.08. The first kappa shape index (κ1) is 15.4. The zero-order valence-corrected chi connectivity index (χ0v) is 13.7. The summed E-state index contributed by atoms with van der Waals surface area (Å²) >= 11 is 1.50. The number of nitrogens with zero attached hydrogens (tertiary/aromatic N) is 1. The Bertz CT molecular complexity index is 992. The monoisotopic (exact) mass is 347 g/mol. The van der Waals surface area contributed by atoms with E-state index >= 15 is 0 Å². The number of nitrogens with two attached hydrogens (primary N) is 1. The molecule has 1 heterocycles. The molecule has 0 aliphatic rings. The summed E-state index contributed by atoms with van der Waals surface area (Å²) in [6.07, 6.45) is 0. The minimum Gasteiger partial charge on any atom is -0.366 e. The molecule has 0 aliphatic carbocycles. The van der Waals surface area contributed by atoms with Crippen LogP contribution in [0.4, 0.5) is 5.69 Å². The van der Waals surface area contributed by atoms with E-state index in [2.05, 4.69) is 9.71 Å². The van der Waals surface area contributed by atoms with Gasteiger partial charge in [0.25, 0.3) is 10.0 Å². The first-order valence-corrected chi connectivity index (χ1v) is 8.95. The summed E-state index contributed by atoms with van der Waals surface area (Å²) in [5, 5.41) is 0.919. The lowest BCUT2D eigenvalue weighted by Crippen LogP contribution is -2.14. The van der Waals surface area contributed by atoms with Gasteiger partial charge in [-0.2, -0.15) is 0 Å². The third-order valence-electron chi connectivity index (χ3n) is 3.20. The fourth-order valence-electron chi connectivity index (χ4n) is 2.12. The number of thiazole rings is 1. The molecule has 3 N–H and O–H groups in total. The summed E-state index contributed by atoms with van der Waals surface area (Å²) in [4.78, 5) is 15.4. The second kappa shape index (κ2) is 5.64. The Hall–Kier alpha value is -2.45. The van der Waals surface area contributed by atoms with E-state index in [-0.39, 0.29) is 10.5 Å². The first-order valence-electron chi connectivity index (χ1n) is 6.65. The van der Waals surface area contributed by atoms with E-state index in [0.717, 1.165) is 15.2 Å². The van der Waals surface area contributed by atoms with Crippen LogP contribution < -0.4 is 10.5 Å². The predicted octanol–water partition coefficient (Wildman–Crippen LogP) is 2.50. The molecule has 1 aromatic heterocycles. The average Bonchev–Trinajstić information content (AvgIpc) is 2.86. The van der Waals surface area contributed by atoms with E-state index < -0.39 is 15.9 Å². The number of carbonyl (C=O) groups is 1. The molecular formula is C15H13N3O3S2. The van der Waals surface area contributed by atoms with Crippen molar-refractivity contribution in [2.45, 2.75) is 11.8 Å². The minimum absolute atomic E-state index is 0.0584. The van der Waals surface area contributed by atoms with Gasteiger partial charge in [-0.05, 0) is 49.4 Å². The van der Waals surface area contributed by atoms with Gasteiger partial charge in [-0.1, -0.05) is 0 Å². The van der Waals surface area contributed by atoms with Crippen LogP contribution in [-0.4, -0.2) is 19.3 Å². The summed E-state index contributed by atoms with van der Waals surface area (Å²) in [7, 11) is -3.74. The highest BCUT2D eigenvalue weighted by Gasteiger charge is 2.15. The maximum absolute atomic E-state index is 12.4.